The molecule has 0 fully saturated rings. The number of phosphoric acid groups is 1. The number of methoxy groups -OCH3 is 1. The van der Waals surface area contributed by atoms with Gasteiger partial charge in [0.05, 0.1) is 19.8 Å². The highest BCUT2D eigenvalue weighted by Crippen LogP contribution is 2.43. The fourth-order valence-electron chi connectivity index (χ4n) is 6.10. The van der Waals surface area contributed by atoms with E-state index >= 15 is 0 Å². The minimum atomic E-state index is -4.58. The third kappa shape index (κ3) is 41.9. The van der Waals surface area contributed by atoms with Crippen LogP contribution in [0.2, 0.25) is 0 Å². The Morgan fingerprint density at radius 3 is 1.48 bits per heavy atom. The van der Waals surface area contributed by atoms with Crippen molar-refractivity contribution in [2.75, 3.05) is 46.7 Å². The average molecular weight is 846 g/mol. The number of alkyl carbamates (subject to hydrolysis) is 1. The van der Waals surface area contributed by atoms with Crippen molar-refractivity contribution in [1.29, 1.82) is 0 Å². The number of esters is 2. The summed E-state index contributed by atoms with van der Waals surface area (Å²) >= 11 is 0. The van der Waals surface area contributed by atoms with E-state index in [-0.39, 0.29) is 45.8 Å². The van der Waals surface area contributed by atoms with Crippen molar-refractivity contribution in [3.05, 3.63) is 24.3 Å². The number of hydrogen-bond donors (Lipinski definition) is 2. The summed E-state index contributed by atoms with van der Waals surface area (Å²) in [7, 11) is -3.10. The van der Waals surface area contributed by atoms with Crippen LogP contribution in [0.5, 0.6) is 0 Å². The van der Waals surface area contributed by atoms with E-state index in [2.05, 4.69) is 43.5 Å². The lowest BCUT2D eigenvalue weighted by atomic mass is 10.1. The molecule has 58 heavy (non-hydrogen) atoms. The molecule has 0 radical (unpaired) electrons. The molecule has 12 nitrogen and oxygen atoms in total. The lowest BCUT2D eigenvalue weighted by Gasteiger charge is -2.20. The summed E-state index contributed by atoms with van der Waals surface area (Å²) in [6, 6.07) is 0. The summed E-state index contributed by atoms with van der Waals surface area (Å²) in [5.41, 5.74) is 0. The van der Waals surface area contributed by atoms with E-state index in [1.54, 1.807) is 0 Å². The second-order valence-corrected chi connectivity index (χ2v) is 16.6. The standard InChI is InChI=1S/C45H84NO11P/c1-4-6-8-10-12-14-16-18-20-22-24-26-28-30-32-34-43(47)54-40-42(41-56-58(50,51)55-37-36-46-45(49)53-39-38-52-3)57-44(48)35-33-31-29-27-25-23-21-19-17-15-13-11-9-7-5-2/h18-21,42H,4-17,22-41H2,1-3H3,(H,46,49)(H,50,51)/b20-18+,21-19+. The molecule has 0 aromatic rings. The average Bonchev–Trinajstić information content (AvgIpc) is 3.20. The Bertz CT molecular complexity index is 1070. The van der Waals surface area contributed by atoms with E-state index in [4.69, 9.17) is 28.0 Å². The highest BCUT2D eigenvalue weighted by Gasteiger charge is 2.26. The van der Waals surface area contributed by atoms with Gasteiger partial charge >= 0.3 is 25.9 Å². The molecule has 0 rings (SSSR count). The third-order valence-electron chi connectivity index (χ3n) is 9.58. The quantitative estimate of drug-likeness (QED) is 0.0198. The van der Waals surface area contributed by atoms with Gasteiger partial charge in [-0.1, -0.05) is 141 Å². The number of allylic oxidation sites excluding steroid dienone is 4. The molecule has 1 amide bonds. The zero-order valence-corrected chi connectivity index (χ0v) is 37.8. The Balaban J connectivity index is 4.50. The number of phosphoric ester groups is 1. The molecule has 2 N–H and O–H groups in total. The summed E-state index contributed by atoms with van der Waals surface area (Å²) in [6.07, 6.45) is 37.7. The van der Waals surface area contributed by atoms with E-state index in [9.17, 15) is 23.8 Å². The Morgan fingerprint density at radius 1 is 0.552 bits per heavy atom. The molecular weight excluding hydrogens is 761 g/mol. The van der Waals surface area contributed by atoms with Crippen LogP contribution in [-0.4, -0.2) is 75.7 Å². The normalized spacial score (nSPS) is 13.2. The maximum atomic E-state index is 12.7. The first-order valence-electron chi connectivity index (χ1n) is 22.9. The smallest absolute Gasteiger partial charge is 0.462 e. The van der Waals surface area contributed by atoms with Crippen LogP contribution in [0.25, 0.3) is 0 Å². The summed E-state index contributed by atoms with van der Waals surface area (Å²) in [5.74, 6) is -0.924. The van der Waals surface area contributed by atoms with Gasteiger partial charge in [-0.15, -0.1) is 0 Å². The summed E-state index contributed by atoms with van der Waals surface area (Å²) < 4.78 is 43.1. The van der Waals surface area contributed by atoms with Crippen LogP contribution in [0.15, 0.2) is 24.3 Å². The van der Waals surface area contributed by atoms with Crippen LogP contribution in [0.1, 0.15) is 194 Å². The SMILES string of the molecule is CCCCCCCC/C=C/CCCCCCCC(=O)OCC(COP(=O)(O)OCCNC(=O)OCCOC)OC(=O)CCCCCCC/C=C/CCCCCCCC. The summed E-state index contributed by atoms with van der Waals surface area (Å²) in [6.45, 7) is 3.51. The van der Waals surface area contributed by atoms with E-state index in [0.29, 0.717) is 12.8 Å². The summed E-state index contributed by atoms with van der Waals surface area (Å²) in [5, 5.41) is 2.38. The van der Waals surface area contributed by atoms with Crippen LogP contribution in [0.4, 0.5) is 4.79 Å². The van der Waals surface area contributed by atoms with Crippen molar-refractivity contribution in [2.45, 2.75) is 200 Å². The van der Waals surface area contributed by atoms with Gasteiger partial charge in [-0.3, -0.25) is 18.6 Å². The van der Waals surface area contributed by atoms with Crippen LogP contribution in [0.3, 0.4) is 0 Å². The molecule has 0 aliphatic heterocycles. The minimum absolute atomic E-state index is 0.0597. The predicted molar refractivity (Wildman–Crippen MR) is 233 cm³/mol. The fourth-order valence-corrected chi connectivity index (χ4v) is 6.85. The Hall–Kier alpha value is -2.24. The van der Waals surface area contributed by atoms with Crippen molar-refractivity contribution < 1.29 is 51.8 Å². The van der Waals surface area contributed by atoms with Gasteiger partial charge in [0.25, 0.3) is 0 Å². The largest absolute Gasteiger partial charge is 0.472 e. The molecule has 2 unspecified atom stereocenters. The lowest BCUT2D eigenvalue weighted by molar-refractivity contribution is -0.161. The van der Waals surface area contributed by atoms with Gasteiger partial charge in [0.15, 0.2) is 6.10 Å². The molecule has 0 saturated heterocycles. The van der Waals surface area contributed by atoms with Crippen LogP contribution < -0.4 is 5.32 Å². The van der Waals surface area contributed by atoms with E-state index in [1.807, 2.05) is 0 Å². The highest BCUT2D eigenvalue weighted by molar-refractivity contribution is 7.47. The number of amides is 1. The van der Waals surface area contributed by atoms with Crippen molar-refractivity contribution in [2.24, 2.45) is 0 Å². The topological polar surface area (TPSA) is 156 Å². The van der Waals surface area contributed by atoms with Gasteiger partial charge in [0.1, 0.15) is 13.2 Å². The molecule has 13 heteroatoms. The second-order valence-electron chi connectivity index (χ2n) is 15.1. The fraction of sp³-hybridized carbons (Fsp3) is 0.844. The maximum absolute atomic E-state index is 12.7. The molecule has 0 bridgehead atoms. The number of ether oxygens (including phenoxy) is 4. The van der Waals surface area contributed by atoms with Gasteiger partial charge in [-0.05, 0) is 64.2 Å². The minimum Gasteiger partial charge on any atom is -0.462 e. The van der Waals surface area contributed by atoms with Crippen molar-refractivity contribution in [3.8, 4) is 0 Å². The molecule has 0 saturated carbocycles. The number of unbranched alkanes of at least 4 members (excludes halogenated alkanes) is 22. The van der Waals surface area contributed by atoms with E-state index in [0.717, 1.165) is 70.6 Å². The molecule has 0 aliphatic carbocycles. The second kappa shape index (κ2) is 42.9. The van der Waals surface area contributed by atoms with Crippen LogP contribution in [-0.2, 0) is 42.1 Å². The van der Waals surface area contributed by atoms with Crippen molar-refractivity contribution >= 4 is 25.9 Å². The molecule has 0 spiro atoms. The zero-order valence-electron chi connectivity index (χ0n) is 36.9. The first-order valence-corrected chi connectivity index (χ1v) is 24.4. The molecule has 0 aromatic heterocycles. The molecule has 2 atom stereocenters. The summed E-state index contributed by atoms with van der Waals surface area (Å²) in [4.78, 5) is 47.0. The monoisotopic (exact) mass is 846 g/mol. The Labute approximate surface area is 352 Å². The number of hydrogen-bond acceptors (Lipinski definition) is 10. The maximum Gasteiger partial charge on any atom is 0.472 e. The lowest BCUT2D eigenvalue weighted by Crippen LogP contribution is -2.30. The van der Waals surface area contributed by atoms with Crippen LogP contribution in [0, 0.1) is 0 Å². The third-order valence-corrected chi connectivity index (χ3v) is 10.6. The van der Waals surface area contributed by atoms with Crippen molar-refractivity contribution in [1.82, 2.24) is 5.32 Å². The van der Waals surface area contributed by atoms with E-state index < -0.39 is 38.6 Å². The van der Waals surface area contributed by atoms with Crippen molar-refractivity contribution in [3.63, 3.8) is 0 Å². The molecule has 0 aliphatic rings. The van der Waals surface area contributed by atoms with E-state index in [1.165, 1.54) is 90.6 Å². The van der Waals surface area contributed by atoms with Gasteiger partial charge in [-0.2, -0.15) is 0 Å². The number of carbonyl (C=O) groups excluding carboxylic acids is 3. The Kier molecular flexibility index (Phi) is 41.2. The zero-order chi connectivity index (χ0) is 42.6. The number of nitrogens with one attached hydrogen (secondary N) is 1. The molecule has 0 heterocycles. The molecular formula is C45H84NO11P. The first kappa shape index (κ1) is 55.8. The van der Waals surface area contributed by atoms with Gasteiger partial charge < -0.3 is 29.2 Å². The van der Waals surface area contributed by atoms with Gasteiger partial charge in [0, 0.05) is 26.5 Å². The molecule has 0 aromatic carbocycles. The van der Waals surface area contributed by atoms with Gasteiger partial charge in [0.2, 0.25) is 0 Å². The predicted octanol–water partition coefficient (Wildman–Crippen LogP) is 12.0. The molecule has 340 valence electrons. The van der Waals surface area contributed by atoms with Gasteiger partial charge in [-0.25, -0.2) is 9.36 Å². The van der Waals surface area contributed by atoms with Crippen LogP contribution >= 0.6 is 7.82 Å². The highest BCUT2D eigenvalue weighted by atomic mass is 31.2. The Morgan fingerprint density at radius 2 is 1.00 bits per heavy atom. The number of carbonyl (C=O) groups is 3. The number of rotatable bonds is 43. The first-order chi connectivity index (χ1) is 28.2.